The maximum absolute atomic E-state index is 12.7. The predicted molar refractivity (Wildman–Crippen MR) is 72.7 cm³/mol. The lowest BCUT2D eigenvalue weighted by Crippen LogP contribution is -2.25. The van der Waals surface area contributed by atoms with Crippen molar-refractivity contribution in [1.82, 2.24) is 0 Å². The molecule has 108 valence electrons. The molecule has 20 heavy (non-hydrogen) atoms. The molecule has 0 heterocycles. The molecule has 2 nitrogen and oxygen atoms in total. The molecule has 1 aliphatic rings. The molecule has 0 bridgehead atoms. The molecule has 0 saturated heterocycles. The van der Waals surface area contributed by atoms with Gasteiger partial charge in [-0.25, -0.2) is 0 Å². The van der Waals surface area contributed by atoms with Gasteiger partial charge in [0.15, 0.2) is 0 Å². The van der Waals surface area contributed by atoms with Crippen molar-refractivity contribution >= 4 is 17.3 Å². The first kappa shape index (κ1) is 14.8. The summed E-state index contributed by atoms with van der Waals surface area (Å²) in [6.45, 7) is 1.79. The largest absolute Gasteiger partial charge is 0.484 e. The molecule has 1 atom stereocenters. The number of benzene rings is 1. The van der Waals surface area contributed by atoms with E-state index in [0.717, 1.165) is 11.6 Å². The molecule has 2 N–H and O–H groups in total. The van der Waals surface area contributed by atoms with Crippen LogP contribution in [0.4, 0.5) is 18.9 Å². The van der Waals surface area contributed by atoms with Crippen LogP contribution in [0.2, 0.25) is 0 Å². The van der Waals surface area contributed by atoms with Crippen LogP contribution < -0.4 is 10.5 Å². The molecule has 2 rings (SSSR count). The number of halogens is 4. The fraction of sp³-hybridized carbons (Fsp3) is 0.286. The van der Waals surface area contributed by atoms with Crippen molar-refractivity contribution in [2.45, 2.75) is 25.6 Å². The number of allylic oxidation sites excluding steroid dienone is 2. The van der Waals surface area contributed by atoms with Crippen LogP contribution in [-0.4, -0.2) is 12.3 Å². The average molecular weight is 304 g/mol. The molecule has 0 amide bonds. The van der Waals surface area contributed by atoms with Gasteiger partial charge in [-0.05, 0) is 36.8 Å². The Morgan fingerprint density at radius 2 is 2.00 bits per heavy atom. The van der Waals surface area contributed by atoms with Crippen LogP contribution in [0.15, 0.2) is 41.0 Å². The van der Waals surface area contributed by atoms with Crippen molar-refractivity contribution in [3.8, 4) is 5.75 Å². The maximum Gasteiger partial charge on any atom is 0.412 e. The summed E-state index contributed by atoms with van der Waals surface area (Å²) in [7, 11) is 0. The lowest BCUT2D eigenvalue weighted by atomic mass is 10.0. The van der Waals surface area contributed by atoms with E-state index in [1.54, 1.807) is 25.1 Å². The monoisotopic (exact) mass is 303 g/mol. The molecule has 0 aliphatic heterocycles. The summed E-state index contributed by atoms with van der Waals surface area (Å²) >= 11 is 5.92. The molecule has 1 aromatic rings. The first-order valence-electron chi connectivity index (χ1n) is 5.93. The zero-order valence-corrected chi connectivity index (χ0v) is 11.4. The zero-order valence-electron chi connectivity index (χ0n) is 10.7. The van der Waals surface area contributed by atoms with Crippen molar-refractivity contribution in [3.63, 3.8) is 0 Å². The topological polar surface area (TPSA) is 35.2 Å². The summed E-state index contributed by atoms with van der Waals surface area (Å²) in [6, 6.07) is 4.93. The Bertz CT molecular complexity index is 578. The van der Waals surface area contributed by atoms with Gasteiger partial charge in [-0.15, -0.1) is 0 Å². The summed E-state index contributed by atoms with van der Waals surface area (Å²) in [5.41, 5.74) is 6.42. The van der Waals surface area contributed by atoms with Crippen molar-refractivity contribution in [2.24, 2.45) is 0 Å². The van der Waals surface area contributed by atoms with E-state index < -0.39 is 17.9 Å². The van der Waals surface area contributed by atoms with E-state index in [2.05, 4.69) is 0 Å². The highest BCUT2D eigenvalue weighted by molar-refractivity contribution is 6.30. The number of rotatable bonds is 2. The smallest absolute Gasteiger partial charge is 0.412 e. The normalized spacial score (nSPS) is 19.4. The summed E-state index contributed by atoms with van der Waals surface area (Å²) in [4.78, 5) is 0. The lowest BCUT2D eigenvalue weighted by Gasteiger charge is -2.24. The Labute approximate surface area is 119 Å². The van der Waals surface area contributed by atoms with Gasteiger partial charge in [-0.3, -0.25) is 0 Å². The molecule has 0 radical (unpaired) electrons. The van der Waals surface area contributed by atoms with Crippen LogP contribution in [0, 0.1) is 6.92 Å². The lowest BCUT2D eigenvalue weighted by molar-refractivity contribution is -0.0961. The van der Waals surface area contributed by atoms with E-state index in [1.165, 1.54) is 6.08 Å². The molecule has 0 aromatic heterocycles. The third-order valence-corrected chi connectivity index (χ3v) is 3.41. The predicted octanol–water partition coefficient (Wildman–Crippen LogP) is 4.34. The van der Waals surface area contributed by atoms with Crippen molar-refractivity contribution in [1.29, 1.82) is 0 Å². The Hall–Kier alpha value is -1.62. The van der Waals surface area contributed by atoms with E-state index in [1.807, 2.05) is 0 Å². The number of ether oxygens (including phenoxy) is 1. The number of nitrogen functional groups attached to an aromatic ring is 1. The van der Waals surface area contributed by atoms with E-state index in [4.69, 9.17) is 22.1 Å². The average Bonchev–Trinajstić information content (AvgIpc) is 2.35. The first-order valence-corrected chi connectivity index (χ1v) is 6.31. The van der Waals surface area contributed by atoms with E-state index in [-0.39, 0.29) is 11.5 Å². The number of aryl methyl sites for hydroxylation is 1. The van der Waals surface area contributed by atoms with Crippen LogP contribution >= 0.6 is 11.6 Å². The zero-order chi connectivity index (χ0) is 14.9. The van der Waals surface area contributed by atoms with Gasteiger partial charge in [0.2, 0.25) is 0 Å². The van der Waals surface area contributed by atoms with Crippen LogP contribution in [-0.2, 0) is 0 Å². The van der Waals surface area contributed by atoms with Crippen LogP contribution in [0.5, 0.6) is 5.75 Å². The second kappa shape index (κ2) is 5.40. The number of hydrogen-bond donors (Lipinski definition) is 1. The summed E-state index contributed by atoms with van der Waals surface area (Å²) in [5, 5.41) is 0.243. The van der Waals surface area contributed by atoms with Gasteiger partial charge >= 0.3 is 6.18 Å². The van der Waals surface area contributed by atoms with E-state index >= 15 is 0 Å². The summed E-state index contributed by atoms with van der Waals surface area (Å²) in [6.07, 6.45) is -3.30. The van der Waals surface area contributed by atoms with E-state index in [0.29, 0.717) is 11.4 Å². The molecule has 1 unspecified atom stereocenters. The number of nitrogens with two attached hydrogens (primary N) is 1. The number of anilines is 1. The summed E-state index contributed by atoms with van der Waals surface area (Å²) in [5.74, 6) is 0.441. The van der Waals surface area contributed by atoms with Gasteiger partial charge in [0.1, 0.15) is 11.9 Å². The molecular weight excluding hydrogens is 291 g/mol. The van der Waals surface area contributed by atoms with Crippen molar-refractivity contribution in [2.75, 3.05) is 5.73 Å². The minimum Gasteiger partial charge on any atom is -0.484 e. The van der Waals surface area contributed by atoms with Crippen LogP contribution in [0.3, 0.4) is 0 Å². The highest BCUT2D eigenvalue weighted by Gasteiger charge is 2.37. The minimum atomic E-state index is -4.37. The Morgan fingerprint density at radius 3 is 2.60 bits per heavy atom. The third-order valence-electron chi connectivity index (χ3n) is 3.04. The van der Waals surface area contributed by atoms with Gasteiger partial charge in [-0.2, -0.15) is 13.2 Å². The highest BCUT2D eigenvalue weighted by Crippen LogP contribution is 2.35. The molecule has 6 heteroatoms. The molecule has 1 aromatic carbocycles. The van der Waals surface area contributed by atoms with Gasteiger partial charge in [-0.1, -0.05) is 17.7 Å². The second-order valence-electron chi connectivity index (χ2n) is 4.57. The molecule has 1 aliphatic carbocycles. The quantitative estimate of drug-likeness (QED) is 0.825. The fourth-order valence-corrected chi connectivity index (χ4v) is 2.03. The van der Waals surface area contributed by atoms with Crippen LogP contribution in [0.1, 0.15) is 12.0 Å². The van der Waals surface area contributed by atoms with Crippen molar-refractivity contribution in [3.05, 3.63) is 46.5 Å². The molecular formula is C14H13ClF3NO. The number of hydrogen-bond acceptors (Lipinski definition) is 2. The summed E-state index contributed by atoms with van der Waals surface area (Å²) < 4.78 is 43.6. The minimum absolute atomic E-state index is 0.243. The molecule has 0 saturated carbocycles. The standard InChI is InChI=1S/C14H13ClF3NO/c1-8-6-10(3-5-12(8)19)20-13-7-9(14(16,17)18)2-4-11(13)15/h2-6,13H,7,19H2,1H3. The highest BCUT2D eigenvalue weighted by atomic mass is 35.5. The third kappa shape index (κ3) is 3.28. The van der Waals surface area contributed by atoms with Gasteiger partial charge < -0.3 is 10.5 Å². The van der Waals surface area contributed by atoms with Gasteiger partial charge in [0, 0.05) is 17.7 Å². The fourth-order valence-electron chi connectivity index (χ4n) is 1.85. The second-order valence-corrected chi connectivity index (χ2v) is 5.01. The van der Waals surface area contributed by atoms with Gasteiger partial charge in [0.25, 0.3) is 0 Å². The van der Waals surface area contributed by atoms with E-state index in [9.17, 15) is 13.2 Å². The molecule has 0 spiro atoms. The maximum atomic E-state index is 12.7. The Balaban J connectivity index is 2.16. The van der Waals surface area contributed by atoms with Gasteiger partial charge in [0.05, 0.1) is 5.03 Å². The Morgan fingerprint density at radius 1 is 1.30 bits per heavy atom. The number of alkyl halides is 3. The first-order chi connectivity index (χ1) is 9.27. The van der Waals surface area contributed by atoms with Crippen molar-refractivity contribution < 1.29 is 17.9 Å². The SMILES string of the molecule is Cc1cc(OC2CC(C(F)(F)F)=CC=C2Cl)ccc1N. The van der Waals surface area contributed by atoms with Crippen LogP contribution in [0.25, 0.3) is 0 Å². The molecule has 0 fully saturated rings. The Kier molecular flexibility index (Phi) is 3.99.